The monoisotopic (exact) mass is 509 g/mol. The summed E-state index contributed by atoms with van der Waals surface area (Å²) >= 11 is 4.29. The molecule has 31 heavy (non-hydrogen) atoms. The molecule has 0 bridgehead atoms. The van der Waals surface area contributed by atoms with Crippen molar-refractivity contribution in [2.75, 3.05) is 5.01 Å². The standard InChI is InChI=1S/C21H15BrF3N3O2S/c22-15-8-5-13(6-9-15)17-12-31-19(26-17)28-20(30,21(23,24)25)11-16(27-28)10-7-14-3-1-2-4-18(14)29/h1-10,12,29-30H,11H2/b10-7+/t20-/m0/s1. The number of phenols is 1. The normalized spacial score (nSPS) is 19.3. The summed E-state index contributed by atoms with van der Waals surface area (Å²) in [5, 5.41) is 26.4. The number of benzene rings is 2. The Labute approximate surface area is 187 Å². The number of halogens is 4. The van der Waals surface area contributed by atoms with Gasteiger partial charge < -0.3 is 10.2 Å². The fourth-order valence-electron chi connectivity index (χ4n) is 3.02. The van der Waals surface area contributed by atoms with Gasteiger partial charge in [-0.05, 0) is 30.4 Å². The lowest BCUT2D eigenvalue weighted by atomic mass is 10.1. The highest BCUT2D eigenvalue weighted by atomic mass is 79.9. The molecule has 1 atom stereocenters. The van der Waals surface area contributed by atoms with Crippen LogP contribution in [0.1, 0.15) is 12.0 Å². The maximum atomic E-state index is 13.8. The first-order valence-corrected chi connectivity index (χ1v) is 10.7. The topological polar surface area (TPSA) is 69.0 Å². The summed E-state index contributed by atoms with van der Waals surface area (Å²) in [6, 6.07) is 13.6. The van der Waals surface area contributed by atoms with Gasteiger partial charge in [0.15, 0.2) is 0 Å². The van der Waals surface area contributed by atoms with E-state index in [4.69, 9.17) is 0 Å². The van der Waals surface area contributed by atoms with Gasteiger partial charge in [-0.1, -0.05) is 46.3 Å². The Morgan fingerprint density at radius 1 is 1.10 bits per heavy atom. The van der Waals surface area contributed by atoms with Crippen molar-refractivity contribution in [2.45, 2.75) is 18.3 Å². The maximum Gasteiger partial charge on any atom is 0.438 e. The first-order chi connectivity index (χ1) is 14.7. The van der Waals surface area contributed by atoms with Gasteiger partial charge in [-0.15, -0.1) is 11.3 Å². The van der Waals surface area contributed by atoms with Gasteiger partial charge in [0.25, 0.3) is 5.72 Å². The van der Waals surface area contributed by atoms with Crippen LogP contribution in [0.15, 0.2) is 69.6 Å². The molecule has 0 aliphatic carbocycles. The number of phenolic OH excluding ortho intramolecular Hbond substituents is 1. The molecule has 10 heteroatoms. The number of hydrogen-bond donors (Lipinski definition) is 2. The summed E-state index contributed by atoms with van der Waals surface area (Å²) in [5.74, 6) is -0.0145. The molecule has 1 aliphatic heterocycles. The van der Waals surface area contributed by atoms with Crippen LogP contribution in [-0.4, -0.2) is 32.8 Å². The molecule has 0 amide bonds. The molecule has 0 unspecified atom stereocenters. The molecular formula is C21H15BrF3N3O2S. The number of aromatic hydroxyl groups is 1. The molecule has 1 aliphatic rings. The minimum absolute atomic E-state index is 0.00321. The van der Waals surface area contributed by atoms with Crippen LogP contribution in [0.4, 0.5) is 18.3 Å². The Morgan fingerprint density at radius 2 is 1.81 bits per heavy atom. The largest absolute Gasteiger partial charge is 0.507 e. The van der Waals surface area contributed by atoms with E-state index in [-0.39, 0.29) is 16.6 Å². The van der Waals surface area contributed by atoms with E-state index < -0.39 is 18.3 Å². The summed E-state index contributed by atoms with van der Waals surface area (Å²) in [6.07, 6.45) is -2.95. The Balaban J connectivity index is 1.68. The van der Waals surface area contributed by atoms with E-state index in [9.17, 15) is 23.4 Å². The molecule has 0 radical (unpaired) electrons. The number of rotatable bonds is 4. The van der Waals surface area contributed by atoms with Gasteiger partial charge in [-0.25, -0.2) is 4.98 Å². The molecule has 0 fully saturated rings. The SMILES string of the molecule is Oc1ccccc1/C=C/C1=NN(c2nc(-c3ccc(Br)cc3)cs2)[C@@](O)(C(F)(F)F)C1. The molecular weight excluding hydrogens is 495 g/mol. The van der Waals surface area contributed by atoms with Crippen molar-refractivity contribution < 1.29 is 23.4 Å². The van der Waals surface area contributed by atoms with Crippen LogP contribution in [0.2, 0.25) is 0 Å². The quantitative estimate of drug-likeness (QED) is 0.465. The molecule has 0 spiro atoms. The van der Waals surface area contributed by atoms with E-state index in [1.807, 2.05) is 0 Å². The van der Waals surface area contributed by atoms with E-state index in [0.717, 1.165) is 21.4 Å². The Hall–Kier alpha value is -2.69. The molecule has 2 aromatic carbocycles. The molecule has 4 rings (SSSR count). The van der Waals surface area contributed by atoms with Crippen molar-refractivity contribution in [2.24, 2.45) is 5.10 Å². The number of thiazole rings is 1. The van der Waals surface area contributed by atoms with E-state index in [2.05, 4.69) is 26.0 Å². The van der Waals surface area contributed by atoms with E-state index in [0.29, 0.717) is 16.3 Å². The van der Waals surface area contributed by atoms with Crippen molar-refractivity contribution in [1.29, 1.82) is 0 Å². The van der Waals surface area contributed by atoms with E-state index in [1.165, 1.54) is 18.2 Å². The van der Waals surface area contributed by atoms with Crippen molar-refractivity contribution in [1.82, 2.24) is 4.98 Å². The zero-order valence-electron chi connectivity index (χ0n) is 15.7. The Kier molecular flexibility index (Phi) is 5.63. The molecule has 2 N–H and O–H groups in total. The van der Waals surface area contributed by atoms with Crippen molar-refractivity contribution in [3.63, 3.8) is 0 Å². The number of allylic oxidation sites excluding steroid dienone is 1. The highest BCUT2D eigenvalue weighted by Crippen LogP contribution is 2.44. The van der Waals surface area contributed by atoms with Gasteiger partial charge in [-0.2, -0.15) is 23.3 Å². The summed E-state index contributed by atoms with van der Waals surface area (Å²) in [5.41, 5.74) is -1.59. The minimum Gasteiger partial charge on any atom is -0.507 e. The van der Waals surface area contributed by atoms with Crippen molar-refractivity contribution >= 4 is 44.2 Å². The predicted octanol–water partition coefficient (Wildman–Crippen LogP) is 5.81. The third kappa shape index (κ3) is 4.23. The highest BCUT2D eigenvalue weighted by molar-refractivity contribution is 9.10. The number of alkyl halides is 3. The molecule has 160 valence electrons. The Bertz CT molecular complexity index is 1160. The average Bonchev–Trinajstić information content (AvgIpc) is 3.33. The third-order valence-electron chi connectivity index (χ3n) is 4.67. The zero-order chi connectivity index (χ0) is 22.2. The maximum absolute atomic E-state index is 13.8. The van der Waals surface area contributed by atoms with Gasteiger partial charge in [0.2, 0.25) is 5.13 Å². The van der Waals surface area contributed by atoms with E-state index >= 15 is 0 Å². The lowest BCUT2D eigenvalue weighted by Gasteiger charge is -2.32. The number of hydrazone groups is 1. The molecule has 5 nitrogen and oxygen atoms in total. The number of para-hydroxylation sites is 1. The number of aromatic nitrogens is 1. The second kappa shape index (κ2) is 8.10. The van der Waals surface area contributed by atoms with E-state index in [1.54, 1.807) is 47.8 Å². The van der Waals surface area contributed by atoms with Gasteiger partial charge in [0.1, 0.15) is 5.75 Å². The zero-order valence-corrected chi connectivity index (χ0v) is 18.1. The Morgan fingerprint density at radius 3 is 2.48 bits per heavy atom. The van der Waals surface area contributed by atoms with Crippen LogP contribution in [-0.2, 0) is 0 Å². The molecule has 0 saturated carbocycles. The number of hydrogen-bond acceptors (Lipinski definition) is 6. The van der Waals surface area contributed by atoms with Crippen molar-refractivity contribution in [3.8, 4) is 17.0 Å². The lowest BCUT2D eigenvalue weighted by Crippen LogP contribution is -2.55. The van der Waals surface area contributed by atoms with Gasteiger partial charge in [-0.3, -0.25) is 0 Å². The number of nitrogens with zero attached hydrogens (tertiary/aromatic N) is 3. The van der Waals surface area contributed by atoms with Crippen LogP contribution in [0.3, 0.4) is 0 Å². The number of aliphatic hydroxyl groups is 1. The molecule has 2 heterocycles. The highest BCUT2D eigenvalue weighted by Gasteiger charge is 2.62. The number of anilines is 1. The fraction of sp³-hybridized carbons (Fsp3) is 0.143. The summed E-state index contributed by atoms with van der Waals surface area (Å²) in [4.78, 5) is 4.27. The first-order valence-electron chi connectivity index (χ1n) is 9.02. The smallest absolute Gasteiger partial charge is 0.438 e. The predicted molar refractivity (Wildman–Crippen MR) is 118 cm³/mol. The molecule has 3 aromatic rings. The summed E-state index contributed by atoms with van der Waals surface area (Å²) in [7, 11) is 0. The molecule has 1 aromatic heterocycles. The van der Waals surface area contributed by atoms with Crippen LogP contribution < -0.4 is 5.01 Å². The average molecular weight is 510 g/mol. The van der Waals surface area contributed by atoms with Crippen molar-refractivity contribution in [3.05, 3.63) is 70.0 Å². The minimum atomic E-state index is -4.97. The van der Waals surface area contributed by atoms with Gasteiger partial charge in [0, 0.05) is 21.0 Å². The van der Waals surface area contributed by atoms with Gasteiger partial charge in [0.05, 0.1) is 17.8 Å². The second-order valence-electron chi connectivity index (χ2n) is 6.81. The fourth-order valence-corrected chi connectivity index (χ4v) is 4.13. The van der Waals surface area contributed by atoms with Crippen LogP contribution in [0.25, 0.3) is 17.3 Å². The lowest BCUT2D eigenvalue weighted by molar-refractivity contribution is -0.254. The first kappa shape index (κ1) is 21.5. The van der Waals surface area contributed by atoms with Gasteiger partial charge >= 0.3 is 6.18 Å². The molecule has 0 saturated heterocycles. The third-order valence-corrected chi connectivity index (χ3v) is 6.01. The summed E-state index contributed by atoms with van der Waals surface area (Å²) in [6.45, 7) is 0. The van der Waals surface area contributed by atoms with Crippen LogP contribution in [0, 0.1) is 0 Å². The van der Waals surface area contributed by atoms with Crippen LogP contribution >= 0.6 is 27.3 Å². The second-order valence-corrected chi connectivity index (χ2v) is 8.56. The summed E-state index contributed by atoms with van der Waals surface area (Å²) < 4.78 is 42.3. The van der Waals surface area contributed by atoms with Crippen LogP contribution in [0.5, 0.6) is 5.75 Å².